The molecule has 2 heteroatoms. The zero-order valence-corrected chi connectivity index (χ0v) is 18.1. The van der Waals surface area contributed by atoms with E-state index in [-0.39, 0.29) is 0 Å². The van der Waals surface area contributed by atoms with Gasteiger partial charge in [-0.3, -0.25) is 0 Å². The summed E-state index contributed by atoms with van der Waals surface area (Å²) in [5.74, 6) is 0. The van der Waals surface area contributed by atoms with Crippen LogP contribution in [0.15, 0.2) is 0 Å². The van der Waals surface area contributed by atoms with Crippen molar-refractivity contribution >= 4 is 18.1 Å². The van der Waals surface area contributed by atoms with Crippen LogP contribution < -0.4 is 0 Å². The summed E-state index contributed by atoms with van der Waals surface area (Å²) in [5, 5.41) is 0. The molecule has 0 atom stereocenters. The molecular formula is C15H33HfI. The SMILES string of the molecule is CCCC[CH2][Hf]([I])([CH2]CCCC)[CH2]CCCC. The Kier molecular flexibility index (Phi) is 13.8. The Bertz CT molecular complexity index is 132. The normalized spacial score (nSPS) is 12.0. The number of halogens is 1. The Balaban J connectivity index is 3.95. The van der Waals surface area contributed by atoms with Crippen molar-refractivity contribution in [3.05, 3.63) is 0 Å². The van der Waals surface area contributed by atoms with E-state index in [1.54, 1.807) is 31.8 Å². The molecule has 0 aromatic rings. The molecule has 0 spiro atoms. The maximum absolute atomic E-state index is 3.02. The molecule has 104 valence electrons. The van der Waals surface area contributed by atoms with E-state index >= 15 is 0 Å². The molecule has 0 bridgehead atoms. The fourth-order valence-electron chi connectivity index (χ4n) is 2.45. The van der Waals surface area contributed by atoms with Crippen molar-refractivity contribution in [2.75, 3.05) is 0 Å². The zero-order chi connectivity index (χ0) is 13.0. The Morgan fingerprint density at radius 2 is 0.882 bits per heavy atom. The second-order valence-electron chi connectivity index (χ2n) is 5.52. The quantitative estimate of drug-likeness (QED) is 0.144. The fourth-order valence-corrected chi connectivity index (χ4v) is 24.0. The summed E-state index contributed by atoms with van der Waals surface area (Å²) < 4.78 is 5.03. The van der Waals surface area contributed by atoms with Crippen molar-refractivity contribution in [2.45, 2.75) is 91.1 Å². The molecule has 0 heterocycles. The third kappa shape index (κ3) is 11.1. The summed E-state index contributed by atoms with van der Waals surface area (Å²) in [6.45, 7) is 7.00. The zero-order valence-electron chi connectivity index (χ0n) is 12.4. The molecule has 17 heavy (non-hydrogen) atoms. The molecule has 0 fully saturated rings. The van der Waals surface area contributed by atoms with Crippen LogP contribution in [0.25, 0.3) is 0 Å². The van der Waals surface area contributed by atoms with Crippen molar-refractivity contribution in [1.29, 1.82) is 0 Å². The molecule has 0 aromatic heterocycles. The number of hydrogen-bond donors (Lipinski definition) is 0. The van der Waals surface area contributed by atoms with Crippen molar-refractivity contribution in [1.82, 2.24) is 0 Å². The van der Waals surface area contributed by atoms with Crippen LogP contribution in [0.4, 0.5) is 0 Å². The van der Waals surface area contributed by atoms with Crippen LogP contribution in [0, 0.1) is 0 Å². The predicted octanol–water partition coefficient (Wildman–Crippen LogP) is 7.32. The molecule has 0 rings (SSSR count). The average molecular weight is 519 g/mol. The van der Waals surface area contributed by atoms with Gasteiger partial charge in [0.25, 0.3) is 0 Å². The third-order valence-electron chi connectivity index (χ3n) is 3.69. The van der Waals surface area contributed by atoms with E-state index in [0.717, 1.165) is 0 Å². The molecule has 0 aliphatic heterocycles. The van der Waals surface area contributed by atoms with Gasteiger partial charge in [-0.2, -0.15) is 0 Å². The summed E-state index contributed by atoms with van der Waals surface area (Å²) in [6, 6.07) is 0. The van der Waals surface area contributed by atoms with Gasteiger partial charge in [-0.25, -0.2) is 0 Å². The first-order valence-electron chi connectivity index (χ1n) is 7.87. The van der Waals surface area contributed by atoms with Gasteiger partial charge < -0.3 is 0 Å². The molecule has 0 amide bonds. The standard InChI is InChI=1S/3C5H11.Hf.HI/c3*1-3-5-4-2;;/h3*1,3-5H2,2H3;;1H/q;;;+1;/p-1. The average Bonchev–Trinajstić information content (AvgIpc) is 2.30. The van der Waals surface area contributed by atoms with Gasteiger partial charge in [0.15, 0.2) is 0 Å². The molecule has 0 N–H and O–H groups in total. The van der Waals surface area contributed by atoms with Crippen LogP contribution >= 0.6 is 18.1 Å². The Hall–Kier alpha value is 1.60. The summed E-state index contributed by atoms with van der Waals surface area (Å²) in [6.07, 6.45) is 13.2. The maximum atomic E-state index is 3.02. The summed E-state index contributed by atoms with van der Waals surface area (Å²) in [4.78, 5) is 0. The second kappa shape index (κ2) is 12.6. The molecule has 0 aliphatic carbocycles. The van der Waals surface area contributed by atoms with Gasteiger partial charge in [-0.15, -0.1) is 0 Å². The van der Waals surface area contributed by atoms with Gasteiger partial charge in [-0.05, 0) is 0 Å². The van der Waals surface area contributed by atoms with Crippen LogP contribution in [-0.2, 0) is 15.8 Å². The number of rotatable bonds is 12. The first-order chi connectivity index (χ1) is 8.18. The van der Waals surface area contributed by atoms with Gasteiger partial charge in [0.05, 0.1) is 0 Å². The van der Waals surface area contributed by atoms with Gasteiger partial charge in [0.1, 0.15) is 0 Å². The van der Waals surface area contributed by atoms with Crippen molar-refractivity contribution in [3.63, 3.8) is 0 Å². The van der Waals surface area contributed by atoms with Gasteiger partial charge >= 0.3 is 125 Å². The number of unbranched alkanes of at least 4 members (excludes halogenated alkanes) is 6. The van der Waals surface area contributed by atoms with Crippen molar-refractivity contribution in [3.8, 4) is 0 Å². The molecule has 0 aromatic carbocycles. The predicted molar refractivity (Wildman–Crippen MR) is 87.0 cm³/mol. The minimum atomic E-state index is -1.80. The monoisotopic (exact) mass is 520 g/mol. The Morgan fingerprint density at radius 3 is 1.12 bits per heavy atom. The molecule has 0 nitrogen and oxygen atoms in total. The van der Waals surface area contributed by atoms with Crippen LogP contribution in [0.2, 0.25) is 12.5 Å². The first kappa shape index (κ1) is 18.6. The van der Waals surface area contributed by atoms with Crippen molar-refractivity contribution < 1.29 is 15.8 Å². The van der Waals surface area contributed by atoms with E-state index < -0.39 is 15.8 Å². The Labute approximate surface area is 124 Å². The molecule has 0 saturated heterocycles. The van der Waals surface area contributed by atoms with E-state index in [9.17, 15) is 0 Å². The molecule has 0 aliphatic rings. The molecular weight excluding hydrogens is 486 g/mol. The van der Waals surface area contributed by atoms with Crippen LogP contribution in [0.3, 0.4) is 0 Å². The van der Waals surface area contributed by atoms with Crippen LogP contribution in [0.1, 0.15) is 78.6 Å². The van der Waals surface area contributed by atoms with Crippen molar-refractivity contribution in [2.24, 2.45) is 0 Å². The molecule has 0 radical (unpaired) electrons. The molecule has 0 unspecified atom stereocenters. The topological polar surface area (TPSA) is 0 Å². The number of hydrogen-bond acceptors (Lipinski definition) is 0. The van der Waals surface area contributed by atoms with Gasteiger partial charge in [-0.1, -0.05) is 0 Å². The molecule has 0 saturated carbocycles. The third-order valence-corrected chi connectivity index (χ3v) is 30.4. The second-order valence-corrected chi connectivity index (χ2v) is 37.9. The van der Waals surface area contributed by atoms with Crippen LogP contribution in [0.5, 0.6) is 0 Å². The van der Waals surface area contributed by atoms with E-state index in [0.29, 0.717) is 0 Å². The Morgan fingerprint density at radius 1 is 0.588 bits per heavy atom. The summed E-state index contributed by atoms with van der Waals surface area (Å²) in [7, 11) is 0. The fraction of sp³-hybridized carbons (Fsp3) is 1.00. The van der Waals surface area contributed by atoms with E-state index in [2.05, 4.69) is 38.9 Å². The minimum absolute atomic E-state index is 1.39. The van der Waals surface area contributed by atoms with E-state index in [1.807, 2.05) is 0 Å². The van der Waals surface area contributed by atoms with E-state index in [1.165, 1.54) is 38.5 Å². The van der Waals surface area contributed by atoms with Gasteiger partial charge in [0, 0.05) is 0 Å². The van der Waals surface area contributed by atoms with E-state index in [4.69, 9.17) is 0 Å². The summed E-state index contributed by atoms with van der Waals surface area (Å²) >= 11 is 1.22. The van der Waals surface area contributed by atoms with Crippen LogP contribution in [-0.4, -0.2) is 0 Å². The first-order valence-corrected chi connectivity index (χ1v) is 25.7. The summed E-state index contributed by atoms with van der Waals surface area (Å²) in [5.41, 5.74) is 0. The van der Waals surface area contributed by atoms with Gasteiger partial charge in [0.2, 0.25) is 0 Å².